The Bertz CT molecular complexity index is 3170. The zero-order valence-corrected chi connectivity index (χ0v) is 28.9. The fourth-order valence-corrected chi connectivity index (χ4v) is 8.68. The van der Waals surface area contributed by atoms with Gasteiger partial charge in [0, 0.05) is 16.3 Å². The van der Waals surface area contributed by atoms with Gasteiger partial charge in [0.1, 0.15) is 11.2 Å². The Morgan fingerprint density at radius 1 is 0.264 bits per heavy atom. The van der Waals surface area contributed by atoms with Crippen LogP contribution in [0.2, 0.25) is 0 Å². The minimum Gasteiger partial charge on any atom is -0.455 e. The van der Waals surface area contributed by atoms with Gasteiger partial charge in [-0.2, -0.15) is 0 Å². The highest BCUT2D eigenvalue weighted by molar-refractivity contribution is 6.22. The molecule has 0 atom stereocenters. The van der Waals surface area contributed by atoms with E-state index in [4.69, 9.17) is 4.42 Å². The van der Waals surface area contributed by atoms with Crippen LogP contribution in [-0.4, -0.2) is 0 Å². The number of furan rings is 1. The highest BCUT2D eigenvalue weighted by Crippen LogP contribution is 2.47. The third-order valence-corrected chi connectivity index (χ3v) is 11.0. The molecule has 0 fully saturated rings. The predicted octanol–water partition coefficient (Wildman–Crippen LogP) is 14.9. The van der Waals surface area contributed by atoms with Crippen LogP contribution in [0.25, 0.3) is 110 Å². The van der Waals surface area contributed by atoms with Gasteiger partial charge in [-0.25, -0.2) is 0 Å². The molecule has 0 spiro atoms. The van der Waals surface area contributed by atoms with Crippen molar-refractivity contribution in [3.63, 3.8) is 0 Å². The van der Waals surface area contributed by atoms with E-state index in [1.54, 1.807) is 0 Å². The molecule has 11 aromatic rings. The summed E-state index contributed by atoms with van der Waals surface area (Å²) in [7, 11) is 0. The molecule has 1 heterocycles. The normalized spacial score (nSPS) is 11.8. The Balaban J connectivity index is 1.18. The molecule has 0 amide bonds. The van der Waals surface area contributed by atoms with E-state index in [0.717, 1.165) is 38.6 Å². The summed E-state index contributed by atoms with van der Waals surface area (Å²) in [6, 6.07) is 70.5. The number of hydrogen-bond donors (Lipinski definition) is 0. The first-order valence-corrected chi connectivity index (χ1v) is 18.3. The topological polar surface area (TPSA) is 13.1 Å². The number of para-hydroxylation sites is 1. The average molecular weight is 673 g/mol. The molecule has 0 aliphatic carbocycles. The molecule has 246 valence electrons. The van der Waals surface area contributed by atoms with Gasteiger partial charge in [-0.1, -0.05) is 170 Å². The Morgan fingerprint density at radius 3 is 1.55 bits per heavy atom. The van der Waals surface area contributed by atoms with Crippen LogP contribution in [0.3, 0.4) is 0 Å². The Kier molecular flexibility index (Phi) is 6.62. The lowest BCUT2D eigenvalue weighted by Gasteiger charge is -2.19. The molecule has 0 aliphatic heterocycles. The summed E-state index contributed by atoms with van der Waals surface area (Å²) >= 11 is 0. The average Bonchev–Trinajstić information content (AvgIpc) is 3.61. The first-order chi connectivity index (χ1) is 26.3. The maximum absolute atomic E-state index is 6.76. The second kappa shape index (κ2) is 11.8. The molecule has 1 aromatic heterocycles. The third-order valence-electron chi connectivity index (χ3n) is 11.0. The van der Waals surface area contributed by atoms with Crippen LogP contribution in [0.15, 0.2) is 199 Å². The molecule has 1 nitrogen and oxygen atoms in total. The Hall–Kier alpha value is -6.96. The Labute approximate surface area is 307 Å². The van der Waals surface area contributed by atoms with E-state index >= 15 is 0 Å². The van der Waals surface area contributed by atoms with Gasteiger partial charge in [0.15, 0.2) is 0 Å². The number of benzene rings is 10. The minimum absolute atomic E-state index is 0.902. The van der Waals surface area contributed by atoms with Gasteiger partial charge in [-0.3, -0.25) is 0 Å². The molecule has 0 aliphatic rings. The van der Waals surface area contributed by atoms with E-state index in [9.17, 15) is 0 Å². The second-order valence-corrected chi connectivity index (χ2v) is 14.0. The van der Waals surface area contributed by atoms with Crippen LogP contribution in [0.1, 0.15) is 0 Å². The van der Waals surface area contributed by atoms with E-state index in [0.29, 0.717) is 0 Å². The van der Waals surface area contributed by atoms with E-state index in [1.807, 2.05) is 6.07 Å². The van der Waals surface area contributed by atoms with Crippen molar-refractivity contribution < 1.29 is 4.42 Å². The van der Waals surface area contributed by atoms with Crippen LogP contribution in [0.5, 0.6) is 0 Å². The zero-order chi connectivity index (χ0) is 34.9. The standard InChI is InChI=1S/C52H32O/c1-2-15-35-31-38(28-27-33(35)13-1)50-45-23-7-5-21-43(45)49(44-22-6-8-24-46(44)50)37-18-11-17-36(32-37)40-29-30-47-41-20-9-10-26-48(41)53-52(47)51(40)42-25-12-16-34-14-3-4-19-39(34)42/h1-32H. The lowest BCUT2D eigenvalue weighted by atomic mass is 9.84. The monoisotopic (exact) mass is 672 g/mol. The molecule has 0 N–H and O–H groups in total. The maximum atomic E-state index is 6.76. The van der Waals surface area contributed by atoms with Crippen molar-refractivity contribution in [2.24, 2.45) is 0 Å². The second-order valence-electron chi connectivity index (χ2n) is 14.0. The summed E-state index contributed by atoms with van der Waals surface area (Å²) < 4.78 is 6.76. The SMILES string of the molecule is c1cc(-c2ccc3c(oc4ccccc43)c2-c2cccc3ccccc23)cc(-c2c3ccccc3c(-c3ccc4ccccc4c3)c3ccccc23)c1. The van der Waals surface area contributed by atoms with E-state index in [1.165, 1.54) is 70.9 Å². The molecular formula is C52H32O. The van der Waals surface area contributed by atoms with Crippen LogP contribution in [-0.2, 0) is 0 Å². The molecule has 11 rings (SSSR count). The predicted molar refractivity (Wildman–Crippen MR) is 225 cm³/mol. The fraction of sp³-hybridized carbons (Fsp3) is 0. The molecular weight excluding hydrogens is 641 g/mol. The molecule has 0 unspecified atom stereocenters. The first kappa shape index (κ1) is 29.7. The quantitative estimate of drug-likeness (QED) is 0.170. The molecule has 0 radical (unpaired) electrons. The lowest BCUT2D eigenvalue weighted by molar-refractivity contribution is 0.670. The van der Waals surface area contributed by atoms with E-state index < -0.39 is 0 Å². The summed E-state index contributed by atoms with van der Waals surface area (Å²) in [6.07, 6.45) is 0. The van der Waals surface area contributed by atoms with Crippen LogP contribution in [0, 0.1) is 0 Å². The largest absolute Gasteiger partial charge is 0.455 e. The molecule has 10 aromatic carbocycles. The van der Waals surface area contributed by atoms with Crippen LogP contribution in [0.4, 0.5) is 0 Å². The van der Waals surface area contributed by atoms with Crippen molar-refractivity contribution in [3.05, 3.63) is 194 Å². The fourth-order valence-electron chi connectivity index (χ4n) is 8.68. The van der Waals surface area contributed by atoms with Gasteiger partial charge in [-0.05, 0) is 106 Å². The molecule has 1 heteroatoms. The number of hydrogen-bond acceptors (Lipinski definition) is 1. The summed E-state index contributed by atoms with van der Waals surface area (Å²) in [5.74, 6) is 0. The van der Waals surface area contributed by atoms with E-state index in [2.05, 4.69) is 188 Å². The van der Waals surface area contributed by atoms with Crippen molar-refractivity contribution in [3.8, 4) is 44.5 Å². The van der Waals surface area contributed by atoms with Gasteiger partial charge in [0.25, 0.3) is 0 Å². The zero-order valence-electron chi connectivity index (χ0n) is 28.9. The maximum Gasteiger partial charge on any atom is 0.143 e. The molecule has 0 bridgehead atoms. The first-order valence-electron chi connectivity index (χ1n) is 18.3. The van der Waals surface area contributed by atoms with Crippen molar-refractivity contribution in [1.29, 1.82) is 0 Å². The summed E-state index contributed by atoms with van der Waals surface area (Å²) in [6.45, 7) is 0. The third kappa shape index (κ3) is 4.64. The summed E-state index contributed by atoms with van der Waals surface area (Å²) in [5.41, 5.74) is 11.4. The van der Waals surface area contributed by atoms with Crippen molar-refractivity contribution >= 4 is 65.0 Å². The van der Waals surface area contributed by atoms with Gasteiger partial charge in [0.05, 0.1) is 0 Å². The molecule has 53 heavy (non-hydrogen) atoms. The van der Waals surface area contributed by atoms with Crippen molar-refractivity contribution in [2.45, 2.75) is 0 Å². The van der Waals surface area contributed by atoms with Gasteiger partial charge < -0.3 is 4.42 Å². The van der Waals surface area contributed by atoms with Gasteiger partial charge >= 0.3 is 0 Å². The molecule has 0 saturated carbocycles. The number of rotatable bonds is 4. The smallest absolute Gasteiger partial charge is 0.143 e. The van der Waals surface area contributed by atoms with Crippen molar-refractivity contribution in [1.82, 2.24) is 0 Å². The van der Waals surface area contributed by atoms with Gasteiger partial charge in [0.2, 0.25) is 0 Å². The lowest BCUT2D eigenvalue weighted by Crippen LogP contribution is -1.92. The van der Waals surface area contributed by atoms with Crippen LogP contribution >= 0.6 is 0 Å². The van der Waals surface area contributed by atoms with E-state index in [-0.39, 0.29) is 0 Å². The number of fused-ring (bicyclic) bond motifs is 7. The van der Waals surface area contributed by atoms with Gasteiger partial charge in [-0.15, -0.1) is 0 Å². The molecule has 0 saturated heterocycles. The highest BCUT2D eigenvalue weighted by Gasteiger charge is 2.21. The van der Waals surface area contributed by atoms with Crippen molar-refractivity contribution in [2.75, 3.05) is 0 Å². The summed E-state index contributed by atoms with van der Waals surface area (Å²) in [4.78, 5) is 0. The highest BCUT2D eigenvalue weighted by atomic mass is 16.3. The summed E-state index contributed by atoms with van der Waals surface area (Å²) in [5, 5.41) is 12.2. The Morgan fingerprint density at radius 2 is 0.811 bits per heavy atom. The minimum atomic E-state index is 0.902. The van der Waals surface area contributed by atoms with Crippen LogP contribution < -0.4 is 0 Å².